The third kappa shape index (κ3) is 6.14. The van der Waals surface area contributed by atoms with Crippen LogP contribution in [0.3, 0.4) is 0 Å². The molecule has 0 saturated carbocycles. The van der Waals surface area contributed by atoms with Crippen LogP contribution in [0.5, 0.6) is 0 Å². The summed E-state index contributed by atoms with van der Waals surface area (Å²) in [6.07, 6.45) is 0.946. The highest BCUT2D eigenvalue weighted by atomic mass is 16.5. The Balaban J connectivity index is 1.34. The van der Waals surface area contributed by atoms with Gasteiger partial charge in [0.05, 0.1) is 18.8 Å². The summed E-state index contributed by atoms with van der Waals surface area (Å²) in [7, 11) is 0. The number of morpholine rings is 1. The maximum Gasteiger partial charge on any atom is 0.224 e. The van der Waals surface area contributed by atoms with Crippen molar-refractivity contribution in [3.8, 4) is 0 Å². The molecule has 1 aromatic carbocycles. The monoisotopic (exact) mass is 445 g/mol. The van der Waals surface area contributed by atoms with Crippen molar-refractivity contribution in [2.24, 2.45) is 0 Å². The summed E-state index contributed by atoms with van der Waals surface area (Å²) < 4.78 is 5.98. The SMILES string of the molecule is Cc1cc(C)nc(NCCC(=O)N2CCOC(c3cccc(Cc4ccccc4C)n3)C2)n1. The van der Waals surface area contributed by atoms with Gasteiger partial charge in [-0.25, -0.2) is 9.97 Å². The Morgan fingerprint density at radius 1 is 1.06 bits per heavy atom. The van der Waals surface area contributed by atoms with Gasteiger partial charge in [0.15, 0.2) is 0 Å². The van der Waals surface area contributed by atoms with Gasteiger partial charge in [0.25, 0.3) is 0 Å². The van der Waals surface area contributed by atoms with Crippen molar-refractivity contribution in [3.05, 3.63) is 82.4 Å². The summed E-state index contributed by atoms with van der Waals surface area (Å²) >= 11 is 0. The molecule has 7 heteroatoms. The second kappa shape index (κ2) is 10.5. The lowest BCUT2D eigenvalue weighted by atomic mass is 10.0. The lowest BCUT2D eigenvalue weighted by Gasteiger charge is -2.33. The van der Waals surface area contributed by atoms with Gasteiger partial charge in [0.1, 0.15) is 6.10 Å². The number of pyridine rings is 1. The van der Waals surface area contributed by atoms with Crippen LogP contribution >= 0.6 is 0 Å². The van der Waals surface area contributed by atoms with Gasteiger partial charge in [-0.2, -0.15) is 0 Å². The molecule has 1 aliphatic heterocycles. The van der Waals surface area contributed by atoms with Gasteiger partial charge >= 0.3 is 0 Å². The van der Waals surface area contributed by atoms with Crippen LogP contribution in [-0.4, -0.2) is 52.0 Å². The molecule has 172 valence electrons. The Labute approximate surface area is 195 Å². The highest BCUT2D eigenvalue weighted by Crippen LogP contribution is 2.22. The van der Waals surface area contributed by atoms with Gasteiger partial charge < -0.3 is 15.0 Å². The predicted molar refractivity (Wildman–Crippen MR) is 128 cm³/mol. The molecule has 7 nitrogen and oxygen atoms in total. The van der Waals surface area contributed by atoms with Crippen molar-refractivity contribution in [2.45, 2.75) is 39.7 Å². The first-order chi connectivity index (χ1) is 16.0. The number of carbonyl (C=O) groups excluding carboxylic acids is 1. The van der Waals surface area contributed by atoms with Crippen molar-refractivity contribution in [1.82, 2.24) is 19.9 Å². The second-order valence-electron chi connectivity index (χ2n) is 8.51. The van der Waals surface area contributed by atoms with Crippen molar-refractivity contribution in [3.63, 3.8) is 0 Å². The van der Waals surface area contributed by atoms with E-state index in [1.165, 1.54) is 11.1 Å². The number of amides is 1. The van der Waals surface area contributed by atoms with Crippen molar-refractivity contribution in [1.29, 1.82) is 0 Å². The number of hydrogen-bond acceptors (Lipinski definition) is 6. The van der Waals surface area contributed by atoms with Gasteiger partial charge in [0, 0.05) is 43.0 Å². The maximum absolute atomic E-state index is 12.8. The van der Waals surface area contributed by atoms with E-state index in [4.69, 9.17) is 9.72 Å². The van der Waals surface area contributed by atoms with E-state index in [2.05, 4.69) is 46.5 Å². The molecule has 1 saturated heterocycles. The van der Waals surface area contributed by atoms with E-state index < -0.39 is 0 Å². The average molecular weight is 446 g/mol. The van der Waals surface area contributed by atoms with E-state index in [9.17, 15) is 4.79 Å². The fourth-order valence-electron chi connectivity index (χ4n) is 4.08. The van der Waals surface area contributed by atoms with Crippen LogP contribution in [0.4, 0.5) is 5.95 Å². The van der Waals surface area contributed by atoms with Gasteiger partial charge in [-0.05, 0) is 50.1 Å². The molecule has 1 unspecified atom stereocenters. The molecular formula is C26H31N5O2. The van der Waals surface area contributed by atoms with Gasteiger partial charge in [0.2, 0.25) is 11.9 Å². The number of nitrogens with zero attached hydrogens (tertiary/aromatic N) is 4. The normalized spacial score (nSPS) is 16.0. The smallest absolute Gasteiger partial charge is 0.224 e. The summed E-state index contributed by atoms with van der Waals surface area (Å²) in [6.45, 7) is 8.10. The van der Waals surface area contributed by atoms with E-state index in [-0.39, 0.29) is 12.0 Å². The van der Waals surface area contributed by atoms with E-state index in [0.29, 0.717) is 38.6 Å². The van der Waals surface area contributed by atoms with Crippen molar-refractivity contribution >= 4 is 11.9 Å². The molecule has 0 spiro atoms. The van der Waals surface area contributed by atoms with Crippen LogP contribution in [0.15, 0.2) is 48.5 Å². The van der Waals surface area contributed by atoms with Crippen molar-refractivity contribution in [2.75, 3.05) is 31.6 Å². The number of anilines is 1. The second-order valence-corrected chi connectivity index (χ2v) is 8.51. The fraction of sp³-hybridized carbons (Fsp3) is 0.385. The zero-order valence-corrected chi connectivity index (χ0v) is 19.5. The molecule has 1 fully saturated rings. The molecule has 3 heterocycles. The Morgan fingerprint density at radius 2 is 1.85 bits per heavy atom. The quantitative estimate of drug-likeness (QED) is 0.596. The summed E-state index contributed by atoms with van der Waals surface area (Å²) in [5.41, 5.74) is 6.22. The average Bonchev–Trinajstić information content (AvgIpc) is 2.80. The molecule has 1 N–H and O–H groups in total. The van der Waals surface area contributed by atoms with E-state index in [1.807, 2.05) is 43.0 Å². The molecule has 0 bridgehead atoms. The Kier molecular flexibility index (Phi) is 7.29. The maximum atomic E-state index is 12.8. The predicted octanol–water partition coefficient (Wildman–Crippen LogP) is 3.79. The lowest BCUT2D eigenvalue weighted by molar-refractivity contribution is -0.138. The first-order valence-corrected chi connectivity index (χ1v) is 11.4. The van der Waals surface area contributed by atoms with E-state index in [0.717, 1.165) is 29.2 Å². The van der Waals surface area contributed by atoms with Crippen LogP contribution in [0.1, 0.15) is 46.4 Å². The third-order valence-corrected chi connectivity index (χ3v) is 5.81. The number of nitrogens with one attached hydrogen (secondary N) is 1. The molecule has 1 aliphatic rings. The zero-order chi connectivity index (χ0) is 23.2. The number of carbonyl (C=O) groups is 1. The number of aryl methyl sites for hydroxylation is 3. The number of aromatic nitrogens is 3. The summed E-state index contributed by atoms with van der Waals surface area (Å²) in [5, 5.41) is 3.16. The number of hydrogen-bond donors (Lipinski definition) is 1. The molecular weight excluding hydrogens is 414 g/mol. The zero-order valence-electron chi connectivity index (χ0n) is 19.5. The Morgan fingerprint density at radius 3 is 2.64 bits per heavy atom. The molecule has 0 radical (unpaired) electrons. The highest BCUT2D eigenvalue weighted by molar-refractivity contribution is 5.76. The lowest BCUT2D eigenvalue weighted by Crippen LogP contribution is -2.43. The number of rotatable bonds is 7. The van der Waals surface area contributed by atoms with Crippen molar-refractivity contribution < 1.29 is 9.53 Å². The van der Waals surface area contributed by atoms with Crippen LogP contribution in [0.25, 0.3) is 0 Å². The minimum absolute atomic E-state index is 0.0937. The van der Waals surface area contributed by atoms with Crippen LogP contribution in [0.2, 0.25) is 0 Å². The van der Waals surface area contributed by atoms with Crippen LogP contribution in [-0.2, 0) is 16.0 Å². The van der Waals surface area contributed by atoms with Gasteiger partial charge in [-0.1, -0.05) is 30.3 Å². The molecule has 33 heavy (non-hydrogen) atoms. The molecule has 3 aromatic rings. The summed E-state index contributed by atoms with van der Waals surface area (Å²) in [6, 6.07) is 16.3. The topological polar surface area (TPSA) is 80.2 Å². The first-order valence-electron chi connectivity index (χ1n) is 11.4. The van der Waals surface area contributed by atoms with E-state index in [1.54, 1.807) is 0 Å². The van der Waals surface area contributed by atoms with Crippen LogP contribution < -0.4 is 5.32 Å². The van der Waals surface area contributed by atoms with Gasteiger partial charge in [-0.15, -0.1) is 0 Å². The molecule has 1 atom stereocenters. The van der Waals surface area contributed by atoms with E-state index >= 15 is 0 Å². The third-order valence-electron chi connectivity index (χ3n) is 5.81. The minimum atomic E-state index is -0.213. The summed E-state index contributed by atoms with van der Waals surface area (Å²) in [4.78, 5) is 28.3. The molecule has 4 rings (SSSR count). The minimum Gasteiger partial charge on any atom is -0.368 e. The van der Waals surface area contributed by atoms with Gasteiger partial charge in [-0.3, -0.25) is 9.78 Å². The number of ether oxygens (including phenoxy) is 1. The fourth-order valence-corrected chi connectivity index (χ4v) is 4.08. The molecule has 2 aromatic heterocycles. The van der Waals surface area contributed by atoms with Crippen LogP contribution in [0, 0.1) is 20.8 Å². The Hall–Kier alpha value is -3.32. The summed E-state index contributed by atoms with van der Waals surface area (Å²) in [5.74, 6) is 0.658. The largest absolute Gasteiger partial charge is 0.368 e. The number of benzene rings is 1. The standard InChI is InChI=1S/C26H31N5O2/c1-18-7-4-5-8-21(18)16-22-9-6-10-23(30-22)24-17-31(13-14-33-24)25(32)11-12-27-26-28-19(2)15-20(3)29-26/h4-10,15,24H,11-14,16-17H2,1-3H3,(H,27,28,29). The Bertz CT molecular complexity index is 1100. The molecule has 0 aliphatic carbocycles. The highest BCUT2D eigenvalue weighted by Gasteiger charge is 2.26. The first kappa shape index (κ1) is 22.9. The molecule has 1 amide bonds.